The van der Waals surface area contributed by atoms with Gasteiger partial charge in [0.05, 0.1) is 0 Å². The molecule has 0 atom stereocenters. The molecule has 0 saturated heterocycles. The Balaban J connectivity index is 5.08. The van der Waals surface area contributed by atoms with Crippen LogP contribution in [0.3, 0.4) is 0 Å². The van der Waals surface area contributed by atoms with Gasteiger partial charge in [-0.15, -0.1) is 0 Å². The van der Waals surface area contributed by atoms with E-state index in [0.29, 0.717) is 0 Å². The van der Waals surface area contributed by atoms with Crippen LogP contribution < -0.4 is 0 Å². The monoisotopic (exact) mass is 362 g/mol. The zero-order valence-corrected chi connectivity index (χ0v) is 10.3. The van der Waals surface area contributed by atoms with Gasteiger partial charge in [0.15, 0.2) is 0 Å². The molecule has 0 rings (SSSR count). The van der Waals surface area contributed by atoms with Gasteiger partial charge in [-0.1, -0.05) is 0 Å². The van der Waals surface area contributed by atoms with E-state index in [1.54, 1.807) is 27.7 Å². The van der Waals surface area contributed by atoms with E-state index in [1.165, 1.54) is 0 Å². The van der Waals surface area contributed by atoms with Crippen LogP contribution in [-0.4, -0.2) is 0 Å². The predicted octanol–water partition coefficient (Wildman–Crippen LogP) is 2.99. The van der Waals surface area contributed by atoms with Crippen molar-refractivity contribution in [1.82, 2.24) is 0 Å². The zero-order chi connectivity index (χ0) is 10.7. The van der Waals surface area contributed by atoms with Gasteiger partial charge < -0.3 is 0 Å². The van der Waals surface area contributed by atoms with Crippen molar-refractivity contribution < 1.29 is 18.7 Å². The zero-order valence-electron chi connectivity index (χ0n) is 8.14. The molecule has 1 N–H and O–H groups in total. The molecule has 0 bridgehead atoms. The van der Waals surface area contributed by atoms with E-state index in [4.69, 9.17) is 16.1 Å². The van der Waals surface area contributed by atoms with Crippen LogP contribution in [0.15, 0.2) is 3.52 Å². The van der Waals surface area contributed by atoms with E-state index in [1.807, 2.05) is 0 Å². The van der Waals surface area contributed by atoms with Crippen molar-refractivity contribution in [2.45, 2.75) is 35.0 Å². The first-order valence-corrected chi connectivity index (χ1v) is 6.74. The van der Waals surface area contributed by atoms with Gasteiger partial charge in [-0.2, -0.15) is 0 Å². The first-order valence-electron chi connectivity index (χ1n) is 3.61. The number of nitrogens with one attached hydrogen (secondary N) is 1. The summed E-state index contributed by atoms with van der Waals surface area (Å²) in [6.07, 6.45) is 0. The molecule has 0 aromatic carbocycles. The van der Waals surface area contributed by atoms with Gasteiger partial charge in [0.1, 0.15) is 0 Å². The molecule has 76 valence electrons. The molecule has 5 heteroatoms. The van der Waals surface area contributed by atoms with Crippen molar-refractivity contribution in [3.05, 3.63) is 0 Å². The number of rotatable bonds is 3. The van der Waals surface area contributed by atoms with E-state index in [0.717, 1.165) is 0 Å². The van der Waals surface area contributed by atoms with Crippen LogP contribution in [0.1, 0.15) is 27.7 Å². The first-order chi connectivity index (χ1) is 5.81. The van der Waals surface area contributed by atoms with Crippen LogP contribution in [0.4, 0.5) is 0 Å². The second-order valence-electron chi connectivity index (χ2n) is 3.26. The summed E-state index contributed by atoms with van der Waals surface area (Å²) in [5, 5.41) is 17.8. The molecule has 0 aliphatic carbocycles. The first kappa shape index (κ1) is 12.3. The van der Waals surface area contributed by atoms with E-state index < -0.39 is 26.0 Å². The standard InChI is InChI=1S/2C4H6N.Au.HN2/c2*1-4(2)3-5;;1-2/h2*1-2H3;;1H/q;;+1;-1. The molecule has 0 saturated carbocycles. The van der Waals surface area contributed by atoms with Crippen LogP contribution in [-0.2, 0) is 18.7 Å². The van der Waals surface area contributed by atoms with Gasteiger partial charge in [-0.05, 0) is 0 Å². The molecule has 0 fully saturated rings. The van der Waals surface area contributed by atoms with Crippen LogP contribution in [0.2, 0.25) is 7.27 Å². The fraction of sp³-hybridized carbons (Fsp3) is 0.750. The normalized spacial score (nSPS) is 12.6. The van der Waals surface area contributed by atoms with Crippen molar-refractivity contribution in [2.75, 3.05) is 0 Å². The van der Waals surface area contributed by atoms with Crippen molar-refractivity contribution in [3.63, 3.8) is 0 Å². The molecular weight excluding hydrogens is 349 g/mol. The van der Waals surface area contributed by atoms with Gasteiger partial charge >= 0.3 is 85.4 Å². The summed E-state index contributed by atoms with van der Waals surface area (Å²) >= 11 is -2.16. The summed E-state index contributed by atoms with van der Waals surface area (Å²) < 4.78 is 2.27. The minimum atomic E-state index is -2.16. The fourth-order valence-corrected chi connectivity index (χ4v) is 5.76. The molecule has 0 spiro atoms. The van der Waals surface area contributed by atoms with Gasteiger partial charge in [-0.3, -0.25) is 0 Å². The van der Waals surface area contributed by atoms with Crippen molar-refractivity contribution >= 4 is 0 Å². The Hall–Kier alpha value is -0.680. The van der Waals surface area contributed by atoms with Crippen molar-refractivity contribution in [1.29, 1.82) is 16.1 Å². The number of nitrogens with zero attached hydrogens (tertiary/aromatic N) is 3. The number of nitriles is 2. The maximum absolute atomic E-state index is 8.89. The molecule has 0 heterocycles. The molecule has 4 nitrogen and oxygen atoms in total. The molecule has 0 aliphatic rings. The third-order valence-corrected chi connectivity index (χ3v) is 7.40. The van der Waals surface area contributed by atoms with Gasteiger partial charge in [0.25, 0.3) is 0 Å². The van der Waals surface area contributed by atoms with Gasteiger partial charge in [-0.25, -0.2) is 0 Å². The SMILES string of the molecule is C[C](C)(C#N)[Au]([N]=N)[C](C)(C)C#N. The van der Waals surface area contributed by atoms with Crippen LogP contribution in [0, 0.1) is 28.2 Å². The second-order valence-corrected chi connectivity index (χ2v) is 10.7. The number of hydrogen-bond acceptors (Lipinski definition) is 4. The summed E-state index contributed by atoms with van der Waals surface area (Å²) in [6.45, 7) is 7.02. The van der Waals surface area contributed by atoms with Crippen LogP contribution in [0.5, 0.6) is 0 Å². The Morgan fingerprint density at radius 1 is 1.08 bits per heavy atom. The summed E-state index contributed by atoms with van der Waals surface area (Å²) in [5.74, 6) is 0. The molecular formula is C8H13AuN4. The minimum absolute atomic E-state index is 0.629. The molecule has 0 amide bonds. The Bertz CT molecular complexity index is 255. The van der Waals surface area contributed by atoms with Crippen molar-refractivity contribution in [3.8, 4) is 12.1 Å². The van der Waals surface area contributed by atoms with Gasteiger partial charge in [0, 0.05) is 0 Å². The molecule has 0 aromatic rings. The molecule has 0 radical (unpaired) electrons. The fourth-order valence-electron chi connectivity index (χ4n) is 0.704. The van der Waals surface area contributed by atoms with E-state index >= 15 is 0 Å². The topological polar surface area (TPSA) is 83.8 Å². The molecule has 0 unspecified atom stereocenters. The second kappa shape index (κ2) is 4.02. The van der Waals surface area contributed by atoms with E-state index in [-0.39, 0.29) is 0 Å². The quantitative estimate of drug-likeness (QED) is 0.618. The third-order valence-electron chi connectivity index (χ3n) is 1.30. The number of hydrogen-bond donors (Lipinski definition) is 1. The summed E-state index contributed by atoms with van der Waals surface area (Å²) in [6, 6.07) is 4.27. The summed E-state index contributed by atoms with van der Waals surface area (Å²) in [5.41, 5.74) is 7.07. The van der Waals surface area contributed by atoms with Crippen molar-refractivity contribution in [2.24, 2.45) is 3.52 Å². The van der Waals surface area contributed by atoms with Gasteiger partial charge in [0.2, 0.25) is 0 Å². The average Bonchev–Trinajstić information content (AvgIpc) is 2.05. The van der Waals surface area contributed by atoms with E-state index in [2.05, 4.69) is 15.7 Å². The summed E-state index contributed by atoms with van der Waals surface area (Å²) in [7, 11) is 0. The summed E-state index contributed by atoms with van der Waals surface area (Å²) in [4.78, 5) is 0. The van der Waals surface area contributed by atoms with E-state index in [9.17, 15) is 0 Å². The average molecular weight is 362 g/mol. The maximum atomic E-state index is 8.89. The Morgan fingerprint density at radius 3 is 1.54 bits per heavy atom. The third kappa shape index (κ3) is 2.63. The van der Waals surface area contributed by atoms with Crippen LogP contribution in [0.25, 0.3) is 0 Å². The Morgan fingerprint density at radius 2 is 1.38 bits per heavy atom. The molecule has 0 aromatic heterocycles. The molecule has 13 heavy (non-hydrogen) atoms. The molecule has 0 aliphatic heterocycles. The van der Waals surface area contributed by atoms with Crippen LogP contribution >= 0.6 is 0 Å². The predicted molar refractivity (Wildman–Crippen MR) is 44.5 cm³/mol. The Labute approximate surface area is 85.5 Å². The Kier molecular flexibility index (Phi) is 3.81.